The maximum atomic E-state index is 13.1. The van der Waals surface area contributed by atoms with E-state index in [0.29, 0.717) is 44.1 Å². The number of ether oxygens (including phenoxy) is 8. The van der Waals surface area contributed by atoms with E-state index in [4.69, 9.17) is 37.9 Å². The number of carbonyl (C=O) groups is 3. The second-order valence-electron chi connectivity index (χ2n) is 24.0. The number of aliphatic hydroxyl groups excluding tert-OH is 12. The molecule has 3 aliphatic heterocycles. The van der Waals surface area contributed by atoms with E-state index in [0.717, 1.165) is 5.57 Å². The Labute approximate surface area is 446 Å². The first-order valence-electron chi connectivity index (χ1n) is 26.9. The van der Waals surface area contributed by atoms with Crippen molar-refractivity contribution in [2.45, 2.75) is 216 Å². The van der Waals surface area contributed by atoms with Crippen molar-refractivity contribution in [2.24, 2.45) is 44.8 Å². The highest BCUT2D eigenvalue weighted by molar-refractivity contribution is 5.87. The number of carboxylic acids is 1. The molecule has 0 amide bonds. The number of aliphatic hydroxyl groups is 12. The number of carbonyl (C=O) groups excluding carboxylic acids is 2. The van der Waals surface area contributed by atoms with Gasteiger partial charge < -0.3 is 104 Å². The van der Waals surface area contributed by atoms with Crippen LogP contribution in [0.15, 0.2) is 23.3 Å². The highest BCUT2D eigenvalue weighted by Gasteiger charge is 2.73. The summed E-state index contributed by atoms with van der Waals surface area (Å²) in [5.74, 6) is -3.78. The van der Waals surface area contributed by atoms with Crippen LogP contribution < -0.4 is 0 Å². The van der Waals surface area contributed by atoms with Gasteiger partial charge in [0.25, 0.3) is 0 Å². The molecule has 3 heterocycles. The summed E-state index contributed by atoms with van der Waals surface area (Å²) in [6.07, 6.45) is -25.9. The molecule has 77 heavy (non-hydrogen) atoms. The Balaban J connectivity index is 1.10. The number of esters is 2. The minimum atomic E-state index is -2.17. The van der Waals surface area contributed by atoms with Crippen LogP contribution in [-0.4, -0.2) is 227 Å². The standard InChI is InChI=1S/C53H82O24/c1-8-22(2)45(69)71-26-11-9-25-24-10-12-30-49(4)15-14-32(50(5,20-56)29(49)13-16-51(30,6)52(24,7)17-31(59)53(25,21-57)43(26)70-23(3)58)74-48-41(76-47-38(65)36(63)34(61)28(19-55)73-47)39(66)40(42(77-48)44(67)68)75-46-37(64)35(62)33(60)27(18-54)72-46/h8,10,25-43,46-48,54-57,59-66H,9,11-21H2,1-7H3,(H,67,68)/b22-8-/t25?,26-,27-,28-,29-,30-,31+,32+,33-,34-,35+,36+,37-,38-,39+,40+,41-,42+,43+,46-,47-,48-,49+,50-,51-,52+,53+/m1/s1. The van der Waals surface area contributed by atoms with E-state index in [1.165, 1.54) is 6.92 Å². The molecule has 0 bridgehead atoms. The summed E-state index contributed by atoms with van der Waals surface area (Å²) < 4.78 is 47.8. The smallest absolute Gasteiger partial charge is 0.335 e. The molecule has 8 rings (SSSR count). The molecule has 0 aromatic heterocycles. The van der Waals surface area contributed by atoms with Crippen LogP contribution in [0.25, 0.3) is 0 Å². The van der Waals surface area contributed by atoms with Crippen LogP contribution in [0.3, 0.4) is 0 Å². The van der Waals surface area contributed by atoms with E-state index in [2.05, 4.69) is 26.8 Å². The van der Waals surface area contributed by atoms with Crippen LogP contribution in [0.4, 0.5) is 0 Å². The van der Waals surface area contributed by atoms with Crippen LogP contribution in [0.2, 0.25) is 0 Å². The average Bonchev–Trinajstić information content (AvgIpc) is 3.49. The molecule has 4 saturated carbocycles. The summed E-state index contributed by atoms with van der Waals surface area (Å²) in [5.41, 5.74) is -2.83. The van der Waals surface area contributed by atoms with E-state index in [9.17, 15) is 80.8 Å². The minimum Gasteiger partial charge on any atom is -0.479 e. The van der Waals surface area contributed by atoms with Gasteiger partial charge in [-0.3, -0.25) is 4.79 Å². The normalized spacial score (nSPS) is 50.9. The second kappa shape index (κ2) is 22.5. The molecule has 0 radical (unpaired) electrons. The molecule has 8 aliphatic rings. The second-order valence-corrected chi connectivity index (χ2v) is 24.0. The molecule has 0 spiro atoms. The molecule has 3 saturated heterocycles. The maximum absolute atomic E-state index is 13.1. The van der Waals surface area contributed by atoms with E-state index < -0.39 is 194 Å². The van der Waals surface area contributed by atoms with E-state index >= 15 is 0 Å². The molecular formula is C53H82O24. The summed E-state index contributed by atoms with van der Waals surface area (Å²) in [5, 5.41) is 142. The Bertz CT molecular complexity index is 2210. The molecular weight excluding hydrogens is 1020 g/mol. The Morgan fingerprint density at radius 3 is 1.81 bits per heavy atom. The van der Waals surface area contributed by atoms with Gasteiger partial charge >= 0.3 is 17.9 Å². The number of allylic oxidation sites excluding steroid dienone is 3. The van der Waals surface area contributed by atoms with Crippen LogP contribution >= 0.6 is 0 Å². The Hall–Kier alpha value is -2.83. The Kier molecular flexibility index (Phi) is 17.6. The maximum Gasteiger partial charge on any atom is 0.335 e. The minimum absolute atomic E-state index is 0.0692. The zero-order valence-corrected chi connectivity index (χ0v) is 44.6. The van der Waals surface area contributed by atoms with Gasteiger partial charge in [0, 0.05) is 17.9 Å². The van der Waals surface area contributed by atoms with Crippen molar-refractivity contribution >= 4 is 17.9 Å². The van der Waals surface area contributed by atoms with Crippen molar-refractivity contribution in [3.05, 3.63) is 23.3 Å². The van der Waals surface area contributed by atoms with Gasteiger partial charge in [0.05, 0.1) is 44.1 Å². The van der Waals surface area contributed by atoms with Gasteiger partial charge in [0.1, 0.15) is 79.4 Å². The zero-order valence-electron chi connectivity index (χ0n) is 44.6. The van der Waals surface area contributed by atoms with Gasteiger partial charge in [-0.05, 0) is 99.2 Å². The lowest BCUT2D eigenvalue weighted by molar-refractivity contribution is -0.392. The number of hydrogen-bond donors (Lipinski definition) is 13. The van der Waals surface area contributed by atoms with E-state index in [1.54, 1.807) is 19.9 Å². The largest absolute Gasteiger partial charge is 0.479 e. The number of hydrogen-bond acceptors (Lipinski definition) is 23. The lowest BCUT2D eigenvalue weighted by Crippen LogP contribution is -2.71. The monoisotopic (exact) mass is 1100 g/mol. The SMILES string of the molecule is C/C=C(/C)C(=O)O[C@@H]1CCC2C3=CC[C@@H]4[C@@]5(C)CC[C@H](O[C@@H]6O[C@H](C(=O)O)[C@@H](O[C@H]7O[C@H](CO)[C@@H](O)[C@H](O)[C@H]7O)[C@H](O)[C@H]6O[C@H]6O[C@H](CO)[C@@H](O)[C@H](O)[C@H]6O)[C@](C)(CO)[C@@H]5CC[C@@]4(C)[C@@]3(C)C[C@H](O)[C@@]2(CO)[C@H]1OC(C)=O. The summed E-state index contributed by atoms with van der Waals surface area (Å²) in [4.78, 5) is 39.0. The van der Waals surface area contributed by atoms with Crippen LogP contribution in [0.5, 0.6) is 0 Å². The van der Waals surface area contributed by atoms with Gasteiger partial charge in [0.2, 0.25) is 0 Å². The summed E-state index contributed by atoms with van der Waals surface area (Å²) in [6, 6.07) is 0. The molecule has 24 heteroatoms. The van der Waals surface area contributed by atoms with Crippen molar-refractivity contribution in [1.82, 2.24) is 0 Å². The predicted octanol–water partition coefficient (Wildman–Crippen LogP) is -1.96. The average molecular weight is 1100 g/mol. The third kappa shape index (κ3) is 9.73. The molecule has 24 nitrogen and oxygen atoms in total. The fraction of sp³-hybridized carbons (Fsp3) is 0.868. The van der Waals surface area contributed by atoms with Crippen molar-refractivity contribution in [3.8, 4) is 0 Å². The fourth-order valence-corrected chi connectivity index (χ4v) is 15.8. The molecule has 1 unspecified atom stereocenters. The van der Waals surface area contributed by atoms with Crippen molar-refractivity contribution in [1.29, 1.82) is 0 Å². The Morgan fingerprint density at radius 2 is 1.27 bits per heavy atom. The first-order chi connectivity index (χ1) is 36.2. The highest BCUT2D eigenvalue weighted by atomic mass is 16.8. The number of fused-ring (bicyclic) bond motifs is 7. The van der Waals surface area contributed by atoms with E-state index in [1.807, 2.05) is 6.92 Å². The van der Waals surface area contributed by atoms with Gasteiger partial charge in [-0.25, -0.2) is 9.59 Å². The van der Waals surface area contributed by atoms with Crippen molar-refractivity contribution < 1.29 is 119 Å². The third-order valence-corrected chi connectivity index (χ3v) is 20.4. The summed E-state index contributed by atoms with van der Waals surface area (Å²) in [7, 11) is 0. The highest BCUT2D eigenvalue weighted by Crippen LogP contribution is 2.75. The first-order valence-corrected chi connectivity index (χ1v) is 26.9. The number of aliphatic carboxylic acids is 1. The van der Waals surface area contributed by atoms with Gasteiger partial charge in [-0.2, -0.15) is 0 Å². The van der Waals surface area contributed by atoms with Gasteiger partial charge in [-0.15, -0.1) is 0 Å². The topological polar surface area (TPSA) is 388 Å². The Morgan fingerprint density at radius 1 is 0.675 bits per heavy atom. The third-order valence-electron chi connectivity index (χ3n) is 20.4. The first kappa shape index (κ1) is 60.3. The quantitative estimate of drug-likeness (QED) is 0.0389. The van der Waals surface area contributed by atoms with Crippen LogP contribution in [0.1, 0.15) is 99.8 Å². The molecule has 5 aliphatic carbocycles. The van der Waals surface area contributed by atoms with Gasteiger partial charge in [0.15, 0.2) is 25.0 Å². The molecule has 438 valence electrons. The van der Waals surface area contributed by atoms with Crippen molar-refractivity contribution in [3.63, 3.8) is 0 Å². The summed E-state index contributed by atoms with van der Waals surface area (Å²) >= 11 is 0. The van der Waals surface area contributed by atoms with Crippen molar-refractivity contribution in [2.75, 3.05) is 26.4 Å². The fourth-order valence-electron chi connectivity index (χ4n) is 15.8. The lowest BCUT2D eigenvalue weighted by Gasteiger charge is -2.72. The molecule has 0 aromatic rings. The molecule has 7 fully saturated rings. The predicted molar refractivity (Wildman–Crippen MR) is 260 cm³/mol. The molecule has 27 atom stereocenters. The molecule has 13 N–H and O–H groups in total. The number of rotatable bonds is 14. The number of carboxylic acid groups (broad SMARTS) is 1. The zero-order chi connectivity index (χ0) is 56.6. The molecule has 0 aromatic carbocycles. The lowest BCUT2D eigenvalue weighted by atomic mass is 9.33. The van der Waals surface area contributed by atoms with Crippen LogP contribution in [0, 0.1) is 44.8 Å². The summed E-state index contributed by atoms with van der Waals surface area (Å²) in [6.45, 7) is 10.2. The van der Waals surface area contributed by atoms with Gasteiger partial charge in [-0.1, -0.05) is 45.4 Å². The van der Waals surface area contributed by atoms with E-state index in [-0.39, 0.29) is 24.7 Å². The van der Waals surface area contributed by atoms with Crippen LogP contribution in [-0.2, 0) is 52.3 Å².